The van der Waals surface area contributed by atoms with Crippen LogP contribution in [0.3, 0.4) is 0 Å². The summed E-state index contributed by atoms with van der Waals surface area (Å²) in [5.41, 5.74) is 6.81. The van der Waals surface area contributed by atoms with Crippen LogP contribution in [-0.4, -0.2) is 0 Å². The van der Waals surface area contributed by atoms with E-state index < -0.39 is 0 Å². The van der Waals surface area contributed by atoms with Gasteiger partial charge in [-0.25, -0.2) is 0 Å². The van der Waals surface area contributed by atoms with Crippen molar-refractivity contribution in [3.63, 3.8) is 0 Å². The Kier molecular flexibility index (Phi) is 6.65. The van der Waals surface area contributed by atoms with Crippen LogP contribution in [0.5, 0.6) is 0 Å². The van der Waals surface area contributed by atoms with Crippen molar-refractivity contribution in [2.24, 2.45) is 0 Å². The normalized spacial score (nSPS) is 13.7. The van der Waals surface area contributed by atoms with E-state index in [1.54, 1.807) is 0 Å². The predicted molar refractivity (Wildman–Crippen MR) is 74.5 cm³/mol. The first kappa shape index (κ1) is 18.4. The van der Waals surface area contributed by atoms with Gasteiger partial charge in [0.25, 0.3) is 0 Å². The fourth-order valence-corrected chi connectivity index (χ4v) is 2.91. The molecule has 0 saturated heterocycles. The van der Waals surface area contributed by atoms with Crippen LogP contribution in [0.25, 0.3) is 11.1 Å². The van der Waals surface area contributed by atoms with Crippen molar-refractivity contribution < 1.29 is 50.7 Å². The maximum Gasteiger partial charge on any atom is 0 e. The zero-order valence-electron chi connectivity index (χ0n) is 11.3. The largest absolute Gasteiger partial charge is 1.00 e. The number of halogens is 2. The summed E-state index contributed by atoms with van der Waals surface area (Å²) in [5, 5.41) is 0. The fourth-order valence-electron chi connectivity index (χ4n) is 2.91. The second-order valence-corrected chi connectivity index (χ2v) is 4.94. The van der Waals surface area contributed by atoms with Crippen molar-refractivity contribution in [1.29, 1.82) is 0 Å². The Morgan fingerprint density at radius 3 is 2.33 bits per heavy atom. The number of benzene rings is 2. The van der Waals surface area contributed by atoms with Crippen molar-refractivity contribution >= 4 is 0 Å². The van der Waals surface area contributed by atoms with Gasteiger partial charge in [-0.3, -0.25) is 0 Å². The summed E-state index contributed by atoms with van der Waals surface area (Å²) in [6, 6.07) is 16.7. The van der Waals surface area contributed by atoms with Gasteiger partial charge in [0.2, 0.25) is 0 Å². The van der Waals surface area contributed by atoms with E-state index in [1.807, 2.05) is 0 Å². The fraction of sp³-hybridized carbons (Fsp3) is 0.111. The molecule has 4 rings (SSSR count). The van der Waals surface area contributed by atoms with Crippen molar-refractivity contribution in [3.05, 3.63) is 83.5 Å². The Hall–Kier alpha value is -0.630. The Labute approximate surface area is 157 Å². The van der Waals surface area contributed by atoms with Gasteiger partial charge >= 0.3 is 0 Å². The van der Waals surface area contributed by atoms with E-state index in [0.29, 0.717) is 5.92 Å². The van der Waals surface area contributed by atoms with Crippen LogP contribution < -0.4 is 24.8 Å². The second-order valence-electron chi connectivity index (χ2n) is 4.94. The molecule has 0 atom stereocenters. The Balaban J connectivity index is 0.000000735. The molecule has 0 amide bonds. The van der Waals surface area contributed by atoms with E-state index in [2.05, 4.69) is 66.8 Å². The van der Waals surface area contributed by atoms with Gasteiger partial charge in [0.05, 0.1) is 0 Å². The van der Waals surface area contributed by atoms with Crippen molar-refractivity contribution in [2.45, 2.75) is 12.3 Å². The summed E-state index contributed by atoms with van der Waals surface area (Å²) in [5.74, 6) is 0.416. The second kappa shape index (κ2) is 7.58. The molecule has 2 aromatic carbocycles. The van der Waals surface area contributed by atoms with E-state index in [-0.39, 0.29) is 50.7 Å². The first-order chi connectivity index (χ1) is 8.92. The van der Waals surface area contributed by atoms with Gasteiger partial charge in [0.1, 0.15) is 0 Å². The smallest absolute Gasteiger partial charge is 0 e. The number of hydrogen-bond acceptors (Lipinski definition) is 0. The summed E-state index contributed by atoms with van der Waals surface area (Å²) in [6.07, 6.45) is 9.70. The van der Waals surface area contributed by atoms with Crippen molar-refractivity contribution in [3.8, 4) is 11.1 Å². The minimum Gasteiger partial charge on any atom is -1.00 e. The monoisotopic (exact) mass is 479 g/mol. The molecular weight excluding hydrogens is 466 g/mol. The molecule has 0 aromatic heterocycles. The maximum atomic E-state index is 3.61. The van der Waals surface area contributed by atoms with E-state index >= 15 is 0 Å². The van der Waals surface area contributed by atoms with Crippen molar-refractivity contribution in [2.75, 3.05) is 0 Å². The molecule has 106 valence electrons. The van der Waals surface area contributed by atoms with Crippen LogP contribution in [0.4, 0.5) is 0 Å². The number of allylic oxidation sites excluding steroid dienone is 4. The van der Waals surface area contributed by atoms with E-state index in [0.717, 1.165) is 6.42 Å². The third-order valence-corrected chi connectivity index (χ3v) is 3.83. The number of rotatable bonds is 1. The predicted octanol–water partition coefficient (Wildman–Crippen LogP) is -1.73. The van der Waals surface area contributed by atoms with Gasteiger partial charge in [-0.2, -0.15) is 23.8 Å². The van der Waals surface area contributed by atoms with E-state index in [1.165, 1.54) is 27.8 Å². The maximum absolute atomic E-state index is 3.61. The van der Waals surface area contributed by atoms with Gasteiger partial charge < -0.3 is 24.8 Å². The molecule has 2 aliphatic carbocycles. The Bertz CT molecular complexity index is 677. The molecule has 0 bridgehead atoms. The molecule has 0 nitrogen and oxygen atoms in total. The van der Waals surface area contributed by atoms with Gasteiger partial charge in [0, 0.05) is 25.8 Å². The average Bonchev–Trinajstić information content (AvgIpc) is 3.05. The number of fused-ring (bicyclic) bond motifs is 3. The molecule has 3 heteroatoms. The molecule has 0 aliphatic heterocycles. The third kappa shape index (κ3) is 3.26. The van der Waals surface area contributed by atoms with Crippen molar-refractivity contribution in [1.82, 2.24) is 0 Å². The molecule has 0 radical (unpaired) electrons. The summed E-state index contributed by atoms with van der Waals surface area (Å²) >= 11 is 0. The van der Waals surface area contributed by atoms with Gasteiger partial charge in [-0.05, 0) is 12.3 Å². The Morgan fingerprint density at radius 2 is 1.57 bits per heavy atom. The molecule has 0 spiro atoms. The molecular formula is C18H13Cl2Hf-3. The SMILES string of the molecule is [Cl-].[Cl-].[Hf].[c-]1c(C2C=CC=C2)ccc2c1Cc1ccccc1-2. The topological polar surface area (TPSA) is 0 Å². The molecule has 0 saturated carbocycles. The number of hydrogen-bond donors (Lipinski definition) is 0. The van der Waals surface area contributed by atoms with Crippen LogP contribution >= 0.6 is 0 Å². The van der Waals surface area contributed by atoms with Crippen LogP contribution in [0.1, 0.15) is 22.6 Å². The van der Waals surface area contributed by atoms with Crippen LogP contribution in [-0.2, 0) is 32.3 Å². The summed E-state index contributed by atoms with van der Waals surface area (Å²) < 4.78 is 0. The molecule has 2 aliphatic rings. The summed E-state index contributed by atoms with van der Waals surface area (Å²) in [4.78, 5) is 0. The summed E-state index contributed by atoms with van der Waals surface area (Å²) in [7, 11) is 0. The van der Waals surface area contributed by atoms with Gasteiger partial charge in [-0.15, -0.1) is 11.1 Å². The van der Waals surface area contributed by atoms with E-state index in [4.69, 9.17) is 0 Å². The molecule has 0 N–H and O–H groups in total. The quantitative estimate of drug-likeness (QED) is 0.288. The van der Waals surface area contributed by atoms with Gasteiger partial charge in [0.15, 0.2) is 0 Å². The van der Waals surface area contributed by atoms with Crippen LogP contribution in [0.2, 0.25) is 0 Å². The molecule has 0 fully saturated rings. The molecule has 21 heavy (non-hydrogen) atoms. The minimum absolute atomic E-state index is 0. The van der Waals surface area contributed by atoms with Crippen LogP contribution in [0, 0.1) is 6.07 Å². The zero-order chi connectivity index (χ0) is 11.9. The molecule has 2 aromatic rings. The molecule has 0 heterocycles. The first-order valence-corrected chi connectivity index (χ1v) is 6.40. The average molecular weight is 479 g/mol. The third-order valence-electron chi connectivity index (χ3n) is 3.83. The first-order valence-electron chi connectivity index (χ1n) is 6.40. The Morgan fingerprint density at radius 1 is 0.857 bits per heavy atom. The summed E-state index contributed by atoms with van der Waals surface area (Å²) in [6.45, 7) is 0. The molecule has 0 unspecified atom stereocenters. The standard InChI is InChI=1S/C18H13.2ClH.Hf/c1-2-6-13(5-1)14-9-10-18-16(11-14)12-15-7-3-4-8-17(15)18;;;/h1-10,13H,12H2;2*1H;/q-1;;;/p-2. The van der Waals surface area contributed by atoms with E-state index in [9.17, 15) is 0 Å². The van der Waals surface area contributed by atoms with Gasteiger partial charge in [-0.1, -0.05) is 59.7 Å². The van der Waals surface area contributed by atoms with Crippen LogP contribution in [0.15, 0.2) is 60.7 Å². The zero-order valence-corrected chi connectivity index (χ0v) is 16.4. The minimum atomic E-state index is 0.